The lowest BCUT2D eigenvalue weighted by Gasteiger charge is -2.23. The first kappa shape index (κ1) is 11.7. The van der Waals surface area contributed by atoms with Gasteiger partial charge in [-0.15, -0.1) is 0 Å². The summed E-state index contributed by atoms with van der Waals surface area (Å²) in [5.41, 5.74) is 1.15. The number of piperidine rings is 1. The van der Waals surface area contributed by atoms with Crippen LogP contribution in [0.4, 0.5) is 0 Å². The van der Waals surface area contributed by atoms with Gasteiger partial charge in [0.25, 0.3) is 0 Å². The van der Waals surface area contributed by atoms with E-state index < -0.39 is 0 Å². The number of nitrogens with one attached hydrogen (secondary N) is 2. The number of H-pyrrole nitrogens is 1. The Hall–Kier alpha value is -1.36. The van der Waals surface area contributed by atoms with E-state index >= 15 is 0 Å². The number of amides is 1. The summed E-state index contributed by atoms with van der Waals surface area (Å²) in [5, 5.41) is 10.2. The van der Waals surface area contributed by atoms with Gasteiger partial charge in [0, 0.05) is 25.8 Å². The van der Waals surface area contributed by atoms with Crippen LogP contribution in [0.1, 0.15) is 18.4 Å². The van der Waals surface area contributed by atoms with Crippen molar-refractivity contribution in [1.29, 1.82) is 0 Å². The molecular formula is C13H20N4O. The molecule has 0 spiro atoms. The van der Waals surface area contributed by atoms with E-state index in [1.807, 2.05) is 24.3 Å². The second-order valence-corrected chi connectivity index (χ2v) is 5.49. The number of aromatic amines is 1. The molecule has 2 aliphatic rings. The molecule has 1 aromatic rings. The average Bonchev–Trinajstić information content (AvgIpc) is 3.11. The highest BCUT2D eigenvalue weighted by atomic mass is 16.2. The maximum Gasteiger partial charge on any atom is 0.227 e. The Morgan fingerprint density at radius 1 is 1.56 bits per heavy atom. The molecule has 5 nitrogen and oxygen atoms in total. The first-order valence-corrected chi connectivity index (χ1v) is 6.71. The van der Waals surface area contributed by atoms with E-state index in [0.717, 1.165) is 31.5 Å². The lowest BCUT2D eigenvalue weighted by molar-refractivity contribution is -0.134. The van der Waals surface area contributed by atoms with Gasteiger partial charge in [0.15, 0.2) is 0 Å². The van der Waals surface area contributed by atoms with Crippen molar-refractivity contribution in [3.63, 3.8) is 0 Å². The third-order valence-electron chi connectivity index (χ3n) is 4.38. The highest BCUT2D eigenvalue weighted by Gasteiger charge is 2.46. The van der Waals surface area contributed by atoms with Gasteiger partial charge in [-0.2, -0.15) is 5.10 Å². The minimum atomic E-state index is 0.222. The molecule has 5 heteroatoms. The van der Waals surface area contributed by atoms with Gasteiger partial charge in [-0.1, -0.05) is 0 Å². The molecule has 3 atom stereocenters. The van der Waals surface area contributed by atoms with Crippen LogP contribution >= 0.6 is 0 Å². The molecule has 0 radical (unpaired) electrons. The number of rotatable bonds is 4. The summed E-state index contributed by atoms with van der Waals surface area (Å²) in [6, 6.07) is 0.430. The van der Waals surface area contributed by atoms with Gasteiger partial charge < -0.3 is 10.2 Å². The maximum atomic E-state index is 12.4. The van der Waals surface area contributed by atoms with E-state index in [9.17, 15) is 4.79 Å². The molecule has 0 unspecified atom stereocenters. The predicted octanol–water partition coefficient (Wildman–Crippen LogP) is 0.409. The molecule has 1 saturated heterocycles. The molecule has 1 aliphatic carbocycles. The normalized spacial score (nSPS) is 29.7. The Morgan fingerprint density at radius 3 is 3.00 bits per heavy atom. The number of carbonyl (C=O) groups is 1. The summed E-state index contributed by atoms with van der Waals surface area (Å²) < 4.78 is 0. The fourth-order valence-electron chi connectivity index (χ4n) is 3.29. The first-order chi connectivity index (χ1) is 8.75. The van der Waals surface area contributed by atoms with E-state index in [2.05, 4.69) is 15.5 Å². The molecule has 3 rings (SSSR count). The minimum Gasteiger partial charge on any atom is -0.345 e. The lowest BCUT2D eigenvalue weighted by atomic mass is 9.96. The highest BCUT2D eigenvalue weighted by molar-refractivity contribution is 5.80. The molecule has 0 aromatic carbocycles. The molecule has 1 aromatic heterocycles. The van der Waals surface area contributed by atoms with Crippen molar-refractivity contribution in [2.75, 3.05) is 20.1 Å². The smallest absolute Gasteiger partial charge is 0.227 e. The fraction of sp³-hybridized carbons (Fsp3) is 0.692. The van der Waals surface area contributed by atoms with Crippen molar-refractivity contribution >= 4 is 5.91 Å². The zero-order valence-corrected chi connectivity index (χ0v) is 10.7. The summed E-state index contributed by atoms with van der Waals surface area (Å²) in [4.78, 5) is 14.3. The van der Waals surface area contributed by atoms with Crippen molar-refractivity contribution in [1.82, 2.24) is 20.4 Å². The minimum absolute atomic E-state index is 0.222. The van der Waals surface area contributed by atoms with Crippen LogP contribution in [-0.4, -0.2) is 47.2 Å². The van der Waals surface area contributed by atoms with Crippen LogP contribution in [-0.2, 0) is 11.2 Å². The summed E-state index contributed by atoms with van der Waals surface area (Å²) in [5.74, 6) is 1.11. The van der Waals surface area contributed by atoms with Crippen molar-refractivity contribution in [3.8, 4) is 0 Å². The van der Waals surface area contributed by atoms with Crippen molar-refractivity contribution in [2.24, 2.45) is 11.8 Å². The Kier molecular flexibility index (Phi) is 3.07. The Morgan fingerprint density at radius 2 is 2.44 bits per heavy atom. The number of fused-ring (bicyclic) bond motifs is 2. The average molecular weight is 248 g/mol. The summed E-state index contributed by atoms with van der Waals surface area (Å²) in [6.45, 7) is 1.80. The fourth-order valence-corrected chi connectivity index (χ4v) is 3.29. The van der Waals surface area contributed by atoms with E-state index in [4.69, 9.17) is 0 Å². The molecule has 1 aliphatic heterocycles. The predicted molar refractivity (Wildman–Crippen MR) is 67.9 cm³/mol. The third kappa shape index (κ3) is 2.03. The summed E-state index contributed by atoms with van der Waals surface area (Å²) in [7, 11) is 1.92. The van der Waals surface area contributed by atoms with Gasteiger partial charge in [0.1, 0.15) is 0 Å². The number of hydrogen-bond donors (Lipinski definition) is 2. The zero-order chi connectivity index (χ0) is 12.5. The van der Waals surface area contributed by atoms with Gasteiger partial charge in [-0.25, -0.2) is 0 Å². The molecule has 2 fully saturated rings. The maximum absolute atomic E-state index is 12.4. The van der Waals surface area contributed by atoms with Crippen LogP contribution in [0.5, 0.6) is 0 Å². The molecule has 1 amide bonds. The molecule has 1 saturated carbocycles. The Bertz CT molecular complexity index is 397. The van der Waals surface area contributed by atoms with Crippen molar-refractivity contribution < 1.29 is 4.79 Å². The van der Waals surface area contributed by atoms with Crippen LogP contribution in [0, 0.1) is 11.8 Å². The van der Waals surface area contributed by atoms with Gasteiger partial charge in [0.2, 0.25) is 5.91 Å². The Balaban J connectivity index is 1.56. The van der Waals surface area contributed by atoms with Gasteiger partial charge in [-0.3, -0.25) is 9.89 Å². The van der Waals surface area contributed by atoms with Crippen LogP contribution in [0.3, 0.4) is 0 Å². The van der Waals surface area contributed by atoms with Crippen molar-refractivity contribution in [3.05, 3.63) is 18.0 Å². The summed E-state index contributed by atoms with van der Waals surface area (Å²) in [6.07, 6.45) is 6.95. The van der Waals surface area contributed by atoms with E-state index in [0.29, 0.717) is 17.9 Å². The number of likely N-dealkylation sites (N-methyl/N-ethyl adjacent to an activating group) is 1. The molecule has 98 valence electrons. The van der Waals surface area contributed by atoms with Crippen molar-refractivity contribution in [2.45, 2.75) is 25.3 Å². The van der Waals surface area contributed by atoms with Crippen LogP contribution in [0.15, 0.2) is 12.4 Å². The number of carbonyl (C=O) groups excluding carboxylic acids is 1. The van der Waals surface area contributed by atoms with E-state index in [1.165, 1.54) is 6.42 Å². The summed E-state index contributed by atoms with van der Waals surface area (Å²) >= 11 is 0. The molecule has 2 bridgehead atoms. The van der Waals surface area contributed by atoms with Crippen LogP contribution < -0.4 is 5.32 Å². The molecular weight excluding hydrogens is 228 g/mol. The highest BCUT2D eigenvalue weighted by Crippen LogP contribution is 2.37. The third-order valence-corrected chi connectivity index (χ3v) is 4.38. The second kappa shape index (κ2) is 4.72. The van der Waals surface area contributed by atoms with Crippen LogP contribution in [0.25, 0.3) is 0 Å². The van der Waals surface area contributed by atoms with Gasteiger partial charge in [-0.05, 0) is 37.3 Å². The molecule has 2 N–H and O–H groups in total. The standard InChI is InChI=1S/C13H20N4O/c1-17(5-4-9-6-15-16-7-9)13(18)12-10-2-3-11(12)14-8-10/h6-7,10-12,14H,2-5,8H2,1H3,(H,15,16)/t10-,11-,12+/m0/s1. The van der Waals surface area contributed by atoms with E-state index in [-0.39, 0.29) is 5.92 Å². The molecule has 2 heterocycles. The lowest BCUT2D eigenvalue weighted by Crippen LogP contribution is -2.39. The van der Waals surface area contributed by atoms with Gasteiger partial charge >= 0.3 is 0 Å². The number of nitrogens with zero attached hydrogens (tertiary/aromatic N) is 2. The quantitative estimate of drug-likeness (QED) is 0.811. The number of aromatic nitrogens is 2. The topological polar surface area (TPSA) is 61.0 Å². The van der Waals surface area contributed by atoms with Gasteiger partial charge in [0.05, 0.1) is 12.1 Å². The van der Waals surface area contributed by atoms with E-state index in [1.54, 1.807) is 0 Å². The monoisotopic (exact) mass is 248 g/mol. The zero-order valence-electron chi connectivity index (χ0n) is 10.7. The second-order valence-electron chi connectivity index (χ2n) is 5.49. The number of hydrogen-bond acceptors (Lipinski definition) is 3. The Labute approximate surface area is 107 Å². The molecule has 18 heavy (non-hydrogen) atoms. The van der Waals surface area contributed by atoms with Crippen LogP contribution in [0.2, 0.25) is 0 Å². The SMILES string of the molecule is CN(CCc1cn[nH]c1)C(=O)[C@@H]1[C@H]2CC[C@@H]1NC2. The first-order valence-electron chi connectivity index (χ1n) is 6.71. The largest absolute Gasteiger partial charge is 0.345 e.